The van der Waals surface area contributed by atoms with Gasteiger partial charge in [-0.15, -0.1) is 0 Å². The Bertz CT molecular complexity index is 1110. The van der Waals surface area contributed by atoms with Crippen LogP contribution in [0.25, 0.3) is 10.8 Å². The second-order valence-corrected chi connectivity index (χ2v) is 7.88. The molecule has 0 saturated heterocycles. The van der Waals surface area contributed by atoms with Gasteiger partial charge in [0.25, 0.3) is 0 Å². The first kappa shape index (κ1) is 18.4. The average molecular weight is 461 g/mol. The lowest BCUT2D eigenvalue weighted by Crippen LogP contribution is -2.09. The highest BCUT2D eigenvalue weighted by Gasteiger charge is 2.09. The Morgan fingerprint density at radius 1 is 1.00 bits per heavy atom. The van der Waals surface area contributed by atoms with Gasteiger partial charge < -0.3 is 5.32 Å². The number of benzene rings is 3. The minimum Gasteiger partial charge on any atom is -0.366 e. The number of fused-ring (bicyclic) bond motifs is 1. The minimum absolute atomic E-state index is 0.554. The zero-order valence-corrected chi connectivity index (χ0v) is 17.4. The van der Waals surface area contributed by atoms with Crippen molar-refractivity contribution in [3.8, 4) is 0 Å². The molecule has 27 heavy (non-hydrogen) atoms. The Hall–Kier alpha value is -2.01. The summed E-state index contributed by atoms with van der Waals surface area (Å²) in [4.78, 5) is 0. The number of rotatable bonds is 5. The molecular formula is C21H16BrCl2N3. The van der Waals surface area contributed by atoms with Gasteiger partial charge in [-0.05, 0) is 40.1 Å². The van der Waals surface area contributed by atoms with Gasteiger partial charge in [0.15, 0.2) is 0 Å². The lowest BCUT2D eigenvalue weighted by molar-refractivity contribution is 0.690. The molecule has 6 heteroatoms. The van der Waals surface area contributed by atoms with Crippen molar-refractivity contribution in [2.24, 2.45) is 0 Å². The molecular weight excluding hydrogens is 445 g/mol. The lowest BCUT2D eigenvalue weighted by Gasteiger charge is -2.12. The summed E-state index contributed by atoms with van der Waals surface area (Å²) in [6.45, 7) is 1.26. The van der Waals surface area contributed by atoms with E-state index in [-0.39, 0.29) is 0 Å². The Morgan fingerprint density at radius 3 is 2.74 bits per heavy atom. The van der Waals surface area contributed by atoms with E-state index in [0.717, 1.165) is 15.9 Å². The Balaban J connectivity index is 1.51. The average Bonchev–Trinajstić information content (AvgIpc) is 3.11. The molecule has 0 spiro atoms. The molecule has 0 fully saturated rings. The summed E-state index contributed by atoms with van der Waals surface area (Å²) >= 11 is 16.0. The maximum absolute atomic E-state index is 6.31. The van der Waals surface area contributed by atoms with Gasteiger partial charge in [0.1, 0.15) is 5.82 Å². The molecule has 1 heterocycles. The van der Waals surface area contributed by atoms with Crippen LogP contribution >= 0.6 is 39.1 Å². The molecule has 0 aliphatic rings. The fraction of sp³-hybridized carbons (Fsp3) is 0.0952. The van der Waals surface area contributed by atoms with E-state index in [4.69, 9.17) is 23.2 Å². The highest BCUT2D eigenvalue weighted by atomic mass is 79.9. The third-order valence-electron chi connectivity index (χ3n) is 4.43. The quantitative estimate of drug-likeness (QED) is 0.356. The molecule has 4 rings (SSSR count). The Kier molecular flexibility index (Phi) is 5.39. The SMILES string of the molecule is Clc1cccc(Cn2nccc2NCc2ccc3c(Br)cccc3c2)c1Cl. The normalized spacial score (nSPS) is 11.1. The minimum atomic E-state index is 0.554. The molecule has 3 aromatic carbocycles. The smallest absolute Gasteiger partial charge is 0.124 e. The monoisotopic (exact) mass is 459 g/mol. The zero-order chi connectivity index (χ0) is 18.8. The third kappa shape index (κ3) is 3.98. The number of anilines is 1. The van der Waals surface area contributed by atoms with Crippen LogP contribution in [0.5, 0.6) is 0 Å². The molecule has 0 atom stereocenters. The van der Waals surface area contributed by atoms with Crippen LogP contribution in [0, 0.1) is 0 Å². The van der Waals surface area contributed by atoms with Crippen LogP contribution in [0.2, 0.25) is 10.0 Å². The van der Waals surface area contributed by atoms with Crippen LogP contribution in [0.3, 0.4) is 0 Å². The number of nitrogens with one attached hydrogen (secondary N) is 1. The standard InChI is InChI=1S/C21H16BrCl2N3/c22-18-5-1-3-15-11-14(7-8-17(15)18)12-25-20-9-10-26-27(20)13-16-4-2-6-19(23)21(16)24/h1-11,25H,12-13H2. The van der Waals surface area contributed by atoms with E-state index in [2.05, 4.69) is 56.7 Å². The van der Waals surface area contributed by atoms with Crippen molar-refractivity contribution in [3.05, 3.63) is 92.5 Å². The highest BCUT2D eigenvalue weighted by Crippen LogP contribution is 2.27. The molecule has 0 aliphatic carbocycles. The number of hydrogen-bond acceptors (Lipinski definition) is 2. The Morgan fingerprint density at radius 2 is 1.85 bits per heavy atom. The number of aromatic nitrogens is 2. The van der Waals surface area contributed by atoms with Gasteiger partial charge in [0.2, 0.25) is 0 Å². The summed E-state index contributed by atoms with van der Waals surface area (Å²) in [5.41, 5.74) is 2.14. The van der Waals surface area contributed by atoms with Gasteiger partial charge in [0, 0.05) is 17.1 Å². The highest BCUT2D eigenvalue weighted by molar-refractivity contribution is 9.10. The largest absolute Gasteiger partial charge is 0.366 e. The molecule has 0 bridgehead atoms. The lowest BCUT2D eigenvalue weighted by atomic mass is 10.1. The topological polar surface area (TPSA) is 29.9 Å². The van der Waals surface area contributed by atoms with Crippen LogP contribution in [0.15, 0.2) is 71.3 Å². The first-order valence-corrected chi connectivity index (χ1v) is 10.0. The van der Waals surface area contributed by atoms with Crippen LogP contribution in [-0.2, 0) is 13.1 Å². The second kappa shape index (κ2) is 7.93. The first-order valence-electron chi connectivity index (χ1n) is 8.47. The summed E-state index contributed by atoms with van der Waals surface area (Å²) in [5.74, 6) is 0.931. The molecule has 0 radical (unpaired) electrons. The van der Waals surface area contributed by atoms with Crippen LogP contribution in [-0.4, -0.2) is 9.78 Å². The maximum atomic E-state index is 6.31. The molecule has 0 saturated carbocycles. The maximum Gasteiger partial charge on any atom is 0.124 e. The van der Waals surface area contributed by atoms with Gasteiger partial charge >= 0.3 is 0 Å². The van der Waals surface area contributed by atoms with Gasteiger partial charge in [-0.1, -0.05) is 75.5 Å². The van der Waals surface area contributed by atoms with E-state index in [9.17, 15) is 0 Å². The van der Waals surface area contributed by atoms with Gasteiger partial charge in [-0.25, -0.2) is 4.68 Å². The molecule has 3 nitrogen and oxygen atoms in total. The fourth-order valence-corrected chi connectivity index (χ4v) is 3.93. The van der Waals surface area contributed by atoms with Crippen molar-refractivity contribution in [2.45, 2.75) is 13.1 Å². The molecule has 1 aromatic heterocycles. The molecule has 4 aromatic rings. The predicted molar refractivity (Wildman–Crippen MR) is 117 cm³/mol. The van der Waals surface area contributed by atoms with Gasteiger partial charge in [-0.3, -0.25) is 0 Å². The van der Waals surface area contributed by atoms with Crippen molar-refractivity contribution in [2.75, 3.05) is 5.32 Å². The van der Waals surface area contributed by atoms with E-state index in [1.807, 2.05) is 28.9 Å². The number of halogens is 3. The molecule has 0 unspecified atom stereocenters. The third-order valence-corrected chi connectivity index (χ3v) is 5.98. The number of hydrogen-bond donors (Lipinski definition) is 1. The van der Waals surface area contributed by atoms with Crippen molar-refractivity contribution >= 4 is 55.7 Å². The second-order valence-electron chi connectivity index (χ2n) is 6.24. The molecule has 136 valence electrons. The summed E-state index contributed by atoms with van der Waals surface area (Å²) in [6, 6.07) is 20.3. The summed E-state index contributed by atoms with van der Waals surface area (Å²) in [7, 11) is 0. The van der Waals surface area contributed by atoms with Crippen molar-refractivity contribution in [3.63, 3.8) is 0 Å². The van der Waals surface area contributed by atoms with Crippen LogP contribution in [0.4, 0.5) is 5.82 Å². The van der Waals surface area contributed by atoms with E-state index in [0.29, 0.717) is 23.1 Å². The van der Waals surface area contributed by atoms with Gasteiger partial charge in [-0.2, -0.15) is 5.10 Å². The van der Waals surface area contributed by atoms with E-state index >= 15 is 0 Å². The molecule has 1 N–H and O–H groups in total. The first-order chi connectivity index (χ1) is 13.1. The van der Waals surface area contributed by atoms with Crippen LogP contribution < -0.4 is 5.32 Å². The molecule has 0 aliphatic heterocycles. The summed E-state index contributed by atoms with van der Waals surface area (Å²) < 4.78 is 2.99. The molecule has 0 amide bonds. The summed E-state index contributed by atoms with van der Waals surface area (Å²) in [6.07, 6.45) is 1.78. The van der Waals surface area contributed by atoms with E-state index < -0.39 is 0 Å². The van der Waals surface area contributed by atoms with E-state index in [1.54, 1.807) is 12.3 Å². The van der Waals surface area contributed by atoms with Gasteiger partial charge in [0.05, 0.1) is 22.8 Å². The van der Waals surface area contributed by atoms with Crippen molar-refractivity contribution < 1.29 is 0 Å². The number of nitrogens with zero attached hydrogens (tertiary/aromatic N) is 2. The summed E-state index contributed by atoms with van der Waals surface area (Å²) in [5, 5.41) is 11.4. The Labute approximate surface area is 176 Å². The fourth-order valence-electron chi connectivity index (χ4n) is 3.04. The van der Waals surface area contributed by atoms with Crippen molar-refractivity contribution in [1.82, 2.24) is 9.78 Å². The van der Waals surface area contributed by atoms with Crippen LogP contribution in [0.1, 0.15) is 11.1 Å². The predicted octanol–water partition coefficient (Wildman–Crippen LogP) is 6.77. The van der Waals surface area contributed by atoms with E-state index in [1.165, 1.54) is 16.3 Å². The zero-order valence-electron chi connectivity index (χ0n) is 14.3. The van der Waals surface area contributed by atoms with Crippen molar-refractivity contribution in [1.29, 1.82) is 0 Å².